The molecule has 0 bridgehead atoms. The number of hydrogen-bond acceptors (Lipinski definition) is 5. The van der Waals surface area contributed by atoms with Crippen molar-refractivity contribution in [3.8, 4) is 5.75 Å². The molecule has 0 saturated carbocycles. The number of rotatable bonds is 12. The Hall–Kier alpha value is -2.78. The normalized spacial score (nSPS) is 12.0. The predicted molar refractivity (Wildman–Crippen MR) is 135 cm³/mol. The molecule has 2 aromatic rings. The van der Waals surface area contributed by atoms with Crippen LogP contribution in [-0.4, -0.2) is 57.6 Å². The average Bonchev–Trinajstić information content (AvgIpc) is 2.80. The zero-order chi connectivity index (χ0) is 25.3. The Kier molecular flexibility index (Phi) is 10.2. The monoisotopic (exact) mass is 509 g/mol. The van der Waals surface area contributed by atoms with Crippen molar-refractivity contribution in [3.05, 3.63) is 59.1 Å². The number of hydrogen-bond donors (Lipinski definition) is 1. The zero-order valence-electron chi connectivity index (χ0n) is 20.0. The van der Waals surface area contributed by atoms with E-state index in [1.807, 2.05) is 44.2 Å². The molecule has 0 fully saturated rings. The van der Waals surface area contributed by atoms with Crippen LogP contribution in [0.4, 0.5) is 5.69 Å². The molecule has 0 aliphatic rings. The molecule has 0 saturated heterocycles. The maximum atomic E-state index is 13.6. The van der Waals surface area contributed by atoms with E-state index >= 15 is 0 Å². The molecule has 1 atom stereocenters. The Balaban J connectivity index is 2.47. The van der Waals surface area contributed by atoms with Crippen LogP contribution in [0.5, 0.6) is 5.75 Å². The summed E-state index contributed by atoms with van der Waals surface area (Å²) in [4.78, 5) is 27.9. The van der Waals surface area contributed by atoms with Gasteiger partial charge in [-0.1, -0.05) is 55.8 Å². The average molecular weight is 510 g/mol. The second-order valence-electron chi connectivity index (χ2n) is 7.81. The lowest BCUT2D eigenvalue weighted by Crippen LogP contribution is -2.52. The largest absolute Gasteiger partial charge is 0.495 e. The summed E-state index contributed by atoms with van der Waals surface area (Å²) in [6.45, 7) is 3.88. The predicted octanol–water partition coefficient (Wildman–Crippen LogP) is 3.45. The molecule has 0 heterocycles. The van der Waals surface area contributed by atoms with Gasteiger partial charge in [-0.05, 0) is 36.6 Å². The van der Waals surface area contributed by atoms with Crippen molar-refractivity contribution in [3.63, 3.8) is 0 Å². The number of carbonyl (C=O) groups is 2. The Morgan fingerprint density at radius 1 is 1.12 bits per heavy atom. The number of nitrogens with zero attached hydrogens (tertiary/aromatic N) is 2. The van der Waals surface area contributed by atoms with Gasteiger partial charge in [0.05, 0.1) is 19.1 Å². The Bertz CT molecular complexity index is 1080. The van der Waals surface area contributed by atoms with Crippen LogP contribution in [0.1, 0.15) is 32.3 Å². The van der Waals surface area contributed by atoms with E-state index in [1.165, 1.54) is 24.1 Å². The van der Waals surface area contributed by atoms with Crippen LogP contribution in [0.3, 0.4) is 0 Å². The molecule has 8 nitrogen and oxygen atoms in total. The second kappa shape index (κ2) is 12.6. The van der Waals surface area contributed by atoms with Gasteiger partial charge in [0.2, 0.25) is 21.8 Å². The molecule has 10 heteroatoms. The maximum absolute atomic E-state index is 13.6. The highest BCUT2D eigenvalue weighted by molar-refractivity contribution is 7.92. The smallest absolute Gasteiger partial charge is 0.244 e. The van der Waals surface area contributed by atoms with Crippen LogP contribution in [0.2, 0.25) is 5.02 Å². The van der Waals surface area contributed by atoms with E-state index in [1.54, 1.807) is 6.07 Å². The number of anilines is 1. The van der Waals surface area contributed by atoms with Crippen LogP contribution in [0.25, 0.3) is 0 Å². The molecule has 0 radical (unpaired) electrons. The van der Waals surface area contributed by atoms with Crippen LogP contribution in [0.15, 0.2) is 48.5 Å². The minimum Gasteiger partial charge on any atom is -0.495 e. The zero-order valence-corrected chi connectivity index (χ0v) is 21.5. The summed E-state index contributed by atoms with van der Waals surface area (Å²) in [6.07, 6.45) is 2.13. The van der Waals surface area contributed by atoms with Crippen LogP contribution < -0.4 is 14.4 Å². The fourth-order valence-corrected chi connectivity index (χ4v) is 4.53. The third-order valence-corrected chi connectivity index (χ3v) is 6.58. The lowest BCUT2D eigenvalue weighted by Gasteiger charge is -2.33. The lowest BCUT2D eigenvalue weighted by molar-refractivity contribution is -0.140. The number of nitrogens with one attached hydrogen (secondary N) is 1. The van der Waals surface area contributed by atoms with Crippen molar-refractivity contribution in [1.82, 2.24) is 10.2 Å². The van der Waals surface area contributed by atoms with Gasteiger partial charge in [0.25, 0.3) is 0 Å². The minimum absolute atomic E-state index is 0.147. The van der Waals surface area contributed by atoms with Crippen molar-refractivity contribution in [2.75, 3.05) is 30.8 Å². The van der Waals surface area contributed by atoms with Gasteiger partial charge >= 0.3 is 0 Å². The summed E-state index contributed by atoms with van der Waals surface area (Å²) in [6, 6.07) is 13.0. The van der Waals surface area contributed by atoms with Crippen molar-refractivity contribution in [2.24, 2.45) is 0 Å². The van der Waals surface area contributed by atoms with Gasteiger partial charge in [-0.2, -0.15) is 0 Å². The molecular formula is C24H32ClN3O5S. The molecule has 0 aliphatic carbocycles. The Morgan fingerprint density at radius 2 is 1.79 bits per heavy atom. The van der Waals surface area contributed by atoms with E-state index in [-0.39, 0.29) is 23.9 Å². The topological polar surface area (TPSA) is 96.0 Å². The number of amides is 2. The third-order valence-electron chi connectivity index (χ3n) is 5.22. The standard InChI is InChI=1S/C24H32ClN3O5S/c1-5-14-26-24(30)20(6-2)27(16-18-10-8-7-9-11-18)23(29)17-28(34(4,31)32)21-15-19(25)12-13-22(21)33-3/h7-13,15,20H,5-6,14,16-17H2,1-4H3,(H,26,30). The van der Waals surface area contributed by atoms with Gasteiger partial charge in [-0.15, -0.1) is 0 Å². The van der Waals surface area contributed by atoms with E-state index in [0.29, 0.717) is 18.0 Å². The summed E-state index contributed by atoms with van der Waals surface area (Å²) in [5, 5.41) is 3.14. The summed E-state index contributed by atoms with van der Waals surface area (Å²) in [5.74, 6) is -0.542. The van der Waals surface area contributed by atoms with Crippen LogP contribution >= 0.6 is 11.6 Å². The van der Waals surface area contributed by atoms with E-state index in [4.69, 9.17) is 16.3 Å². The highest BCUT2D eigenvalue weighted by Crippen LogP contribution is 2.33. The van der Waals surface area contributed by atoms with Crippen LogP contribution in [0, 0.1) is 0 Å². The van der Waals surface area contributed by atoms with E-state index in [2.05, 4.69) is 5.32 Å². The number of methoxy groups -OCH3 is 1. The molecule has 186 valence electrons. The molecule has 2 aromatic carbocycles. The van der Waals surface area contributed by atoms with Crippen molar-refractivity contribution >= 4 is 39.1 Å². The fourth-order valence-electron chi connectivity index (χ4n) is 3.52. The molecule has 1 N–H and O–H groups in total. The molecule has 0 aromatic heterocycles. The summed E-state index contributed by atoms with van der Waals surface area (Å²) in [7, 11) is -2.48. The van der Waals surface area contributed by atoms with Gasteiger partial charge in [0.15, 0.2) is 0 Å². The summed E-state index contributed by atoms with van der Waals surface area (Å²) in [5.41, 5.74) is 0.970. The number of carbonyl (C=O) groups excluding carboxylic acids is 2. The third kappa shape index (κ3) is 7.36. The fraction of sp³-hybridized carbons (Fsp3) is 0.417. The van der Waals surface area contributed by atoms with Gasteiger partial charge in [-0.25, -0.2) is 8.42 Å². The van der Waals surface area contributed by atoms with E-state index in [9.17, 15) is 18.0 Å². The molecular weight excluding hydrogens is 478 g/mol. The number of sulfonamides is 1. The molecule has 0 spiro atoms. The van der Waals surface area contributed by atoms with Gasteiger partial charge in [0, 0.05) is 18.1 Å². The molecule has 34 heavy (non-hydrogen) atoms. The van der Waals surface area contributed by atoms with Gasteiger partial charge in [0.1, 0.15) is 18.3 Å². The first-order valence-electron chi connectivity index (χ1n) is 11.0. The number of benzene rings is 2. The molecule has 2 amide bonds. The lowest BCUT2D eigenvalue weighted by atomic mass is 10.1. The van der Waals surface area contributed by atoms with Crippen molar-refractivity contribution < 1.29 is 22.7 Å². The first kappa shape index (κ1) is 27.5. The maximum Gasteiger partial charge on any atom is 0.244 e. The number of halogens is 1. The number of ether oxygens (including phenoxy) is 1. The first-order valence-corrected chi connectivity index (χ1v) is 13.3. The van der Waals surface area contributed by atoms with Crippen LogP contribution in [-0.2, 0) is 26.2 Å². The van der Waals surface area contributed by atoms with E-state index in [0.717, 1.165) is 22.5 Å². The summed E-state index contributed by atoms with van der Waals surface area (Å²) >= 11 is 6.11. The highest BCUT2D eigenvalue weighted by atomic mass is 35.5. The van der Waals surface area contributed by atoms with Crippen molar-refractivity contribution in [2.45, 2.75) is 39.3 Å². The highest BCUT2D eigenvalue weighted by Gasteiger charge is 2.32. The quantitative estimate of drug-likeness (QED) is 0.472. The van der Waals surface area contributed by atoms with E-state index < -0.39 is 28.5 Å². The second-order valence-corrected chi connectivity index (χ2v) is 10.2. The Labute approximate surface area is 206 Å². The molecule has 2 rings (SSSR count). The SMILES string of the molecule is CCCNC(=O)C(CC)N(Cc1ccccc1)C(=O)CN(c1cc(Cl)ccc1OC)S(C)(=O)=O. The Morgan fingerprint density at radius 3 is 2.35 bits per heavy atom. The van der Waals surface area contributed by atoms with Gasteiger partial charge in [-0.3, -0.25) is 13.9 Å². The van der Waals surface area contributed by atoms with Gasteiger partial charge < -0.3 is 15.0 Å². The molecule has 0 aliphatic heterocycles. The van der Waals surface area contributed by atoms with Crippen molar-refractivity contribution in [1.29, 1.82) is 0 Å². The first-order chi connectivity index (χ1) is 16.1. The minimum atomic E-state index is -3.89. The summed E-state index contributed by atoms with van der Waals surface area (Å²) < 4.78 is 31.7. The molecule has 1 unspecified atom stereocenters.